The summed E-state index contributed by atoms with van der Waals surface area (Å²) < 4.78 is 0. The summed E-state index contributed by atoms with van der Waals surface area (Å²) in [5.41, 5.74) is 1.76. The van der Waals surface area contributed by atoms with Crippen LogP contribution in [0.15, 0.2) is 0 Å². The van der Waals surface area contributed by atoms with Gasteiger partial charge in [-0.1, -0.05) is 27.7 Å². The molecule has 0 amide bonds. The second-order valence-electron chi connectivity index (χ2n) is 14.7. The van der Waals surface area contributed by atoms with Gasteiger partial charge in [0.1, 0.15) is 0 Å². The molecule has 4 unspecified atom stereocenters. The molecule has 4 atom stereocenters. The molecule has 0 aromatic carbocycles. The Bertz CT molecular complexity index is 760. The highest BCUT2D eigenvalue weighted by Gasteiger charge is 2.76. The lowest BCUT2D eigenvalue weighted by Gasteiger charge is -2.78. The lowest BCUT2D eigenvalue weighted by atomic mass is 9.25. The van der Waals surface area contributed by atoms with Crippen molar-refractivity contribution < 1.29 is 0 Å². The van der Waals surface area contributed by atoms with Gasteiger partial charge in [-0.3, -0.25) is 0 Å². The van der Waals surface area contributed by atoms with Crippen LogP contribution in [0.2, 0.25) is 0 Å². The lowest BCUT2D eigenvalue weighted by Crippen LogP contribution is -2.70. The van der Waals surface area contributed by atoms with E-state index in [9.17, 15) is 10.5 Å². The van der Waals surface area contributed by atoms with Crippen molar-refractivity contribution >= 4 is 0 Å². The molecule has 8 rings (SSSR count). The predicted molar refractivity (Wildman–Crippen MR) is 109 cm³/mol. The van der Waals surface area contributed by atoms with Crippen LogP contribution < -0.4 is 0 Å². The molecule has 2 heteroatoms. The van der Waals surface area contributed by atoms with Crippen molar-refractivity contribution in [3.63, 3.8) is 0 Å². The highest BCUT2D eigenvalue weighted by atomic mass is 14.8. The maximum absolute atomic E-state index is 10.4. The van der Waals surface area contributed by atoms with Gasteiger partial charge in [-0.25, -0.2) is 0 Å². The number of hydrogen-bond donors (Lipinski definition) is 0. The van der Waals surface area contributed by atoms with Crippen molar-refractivity contribution in [1.82, 2.24) is 0 Å². The van der Waals surface area contributed by atoms with Crippen LogP contribution in [0.5, 0.6) is 0 Å². The maximum Gasteiger partial charge on any atom is 0.0690 e. The van der Waals surface area contributed by atoms with Crippen LogP contribution in [0, 0.1) is 66.0 Å². The fraction of sp³-hybridized carbons (Fsp3) is 0.923. The van der Waals surface area contributed by atoms with Crippen molar-refractivity contribution in [2.24, 2.45) is 43.3 Å². The lowest BCUT2D eigenvalue weighted by molar-refractivity contribution is -0.283. The average molecular weight is 377 g/mol. The molecule has 0 aliphatic heterocycles. The summed E-state index contributed by atoms with van der Waals surface area (Å²) in [4.78, 5) is 0. The minimum Gasteiger partial charge on any atom is -0.198 e. The first kappa shape index (κ1) is 17.8. The van der Waals surface area contributed by atoms with E-state index in [-0.39, 0.29) is 10.8 Å². The van der Waals surface area contributed by atoms with Crippen molar-refractivity contribution in [3.05, 3.63) is 0 Å². The van der Waals surface area contributed by atoms with Crippen LogP contribution in [0.25, 0.3) is 0 Å². The zero-order valence-corrected chi connectivity index (χ0v) is 18.4. The fourth-order valence-corrected chi connectivity index (χ4v) is 12.8. The van der Waals surface area contributed by atoms with Gasteiger partial charge in [-0.2, -0.15) is 10.5 Å². The molecule has 8 fully saturated rings. The van der Waals surface area contributed by atoms with Crippen LogP contribution >= 0.6 is 0 Å². The molecule has 8 aliphatic rings. The Morgan fingerprint density at radius 3 is 0.964 bits per heavy atom. The molecule has 0 spiro atoms. The SMILES string of the molecule is CC12CC3(C)CC(C#N)(C1)CC(C14CC5(C)CC(C)(CC(C#N)(C5)C1)C4)(C2)C3. The van der Waals surface area contributed by atoms with E-state index in [1.54, 1.807) is 0 Å². The molecule has 28 heavy (non-hydrogen) atoms. The molecular formula is C26H36N2. The zero-order valence-electron chi connectivity index (χ0n) is 18.4. The van der Waals surface area contributed by atoms with E-state index < -0.39 is 0 Å². The molecule has 150 valence electrons. The molecule has 2 nitrogen and oxygen atoms in total. The molecule has 0 saturated heterocycles. The molecule has 0 N–H and O–H groups in total. The first-order valence-corrected chi connectivity index (χ1v) is 11.7. The number of nitrogens with zero attached hydrogens (tertiary/aromatic N) is 2. The monoisotopic (exact) mass is 376 g/mol. The summed E-state index contributed by atoms with van der Waals surface area (Å²) in [6.45, 7) is 10.0. The number of rotatable bonds is 1. The predicted octanol–water partition coefficient (Wildman–Crippen LogP) is 6.77. The van der Waals surface area contributed by atoms with Gasteiger partial charge in [0.05, 0.1) is 23.0 Å². The van der Waals surface area contributed by atoms with Gasteiger partial charge in [-0.05, 0) is 110 Å². The van der Waals surface area contributed by atoms with Crippen molar-refractivity contribution in [2.75, 3.05) is 0 Å². The number of hydrogen-bond acceptors (Lipinski definition) is 2. The Hall–Kier alpha value is -1.02. The topological polar surface area (TPSA) is 47.6 Å². The summed E-state index contributed by atoms with van der Waals surface area (Å²) in [6.07, 6.45) is 14.7. The quantitative estimate of drug-likeness (QED) is 0.507. The fourth-order valence-electron chi connectivity index (χ4n) is 12.8. The third-order valence-electron chi connectivity index (χ3n) is 10.8. The van der Waals surface area contributed by atoms with E-state index >= 15 is 0 Å². The van der Waals surface area contributed by atoms with Crippen molar-refractivity contribution in [2.45, 2.75) is 105 Å². The highest BCUT2D eigenvalue weighted by molar-refractivity contribution is 5.30. The van der Waals surface area contributed by atoms with E-state index in [2.05, 4.69) is 39.8 Å². The smallest absolute Gasteiger partial charge is 0.0690 e. The molecular weight excluding hydrogens is 340 g/mol. The summed E-state index contributed by atoms with van der Waals surface area (Å²) in [5.74, 6) is 0. The van der Waals surface area contributed by atoms with E-state index in [1.165, 1.54) is 38.5 Å². The molecule has 0 heterocycles. The molecule has 0 aromatic heterocycles. The summed E-state index contributed by atoms with van der Waals surface area (Å²) in [5, 5.41) is 20.7. The summed E-state index contributed by atoms with van der Waals surface area (Å²) in [7, 11) is 0. The van der Waals surface area contributed by atoms with Crippen molar-refractivity contribution in [3.8, 4) is 12.1 Å². The third kappa shape index (κ3) is 1.94. The minimum atomic E-state index is -0.0941. The van der Waals surface area contributed by atoms with Gasteiger partial charge in [-0.15, -0.1) is 0 Å². The first-order valence-electron chi connectivity index (χ1n) is 11.7. The molecule has 8 aliphatic carbocycles. The largest absolute Gasteiger partial charge is 0.198 e. The Morgan fingerprint density at radius 2 is 0.714 bits per heavy atom. The second kappa shape index (κ2) is 4.36. The molecule has 0 radical (unpaired) electrons. The Morgan fingerprint density at radius 1 is 0.429 bits per heavy atom. The van der Waals surface area contributed by atoms with Crippen LogP contribution in [0.4, 0.5) is 0 Å². The normalized spacial score (nSPS) is 65.9. The summed E-state index contributed by atoms with van der Waals surface area (Å²) in [6, 6.07) is 5.79. The van der Waals surface area contributed by atoms with Crippen LogP contribution in [-0.2, 0) is 0 Å². The Labute approximate surface area is 171 Å². The van der Waals surface area contributed by atoms with Gasteiger partial charge < -0.3 is 0 Å². The van der Waals surface area contributed by atoms with E-state index in [1.807, 2.05) is 0 Å². The maximum atomic E-state index is 10.4. The van der Waals surface area contributed by atoms with Gasteiger partial charge >= 0.3 is 0 Å². The molecule has 0 aromatic rings. The Balaban J connectivity index is 1.55. The minimum absolute atomic E-state index is 0.0941. The van der Waals surface area contributed by atoms with Crippen LogP contribution in [0.3, 0.4) is 0 Å². The highest BCUT2D eigenvalue weighted by Crippen LogP contribution is 2.85. The van der Waals surface area contributed by atoms with E-state index in [4.69, 9.17) is 0 Å². The number of nitriles is 2. The van der Waals surface area contributed by atoms with E-state index in [0.717, 1.165) is 38.5 Å². The van der Waals surface area contributed by atoms with Crippen molar-refractivity contribution in [1.29, 1.82) is 10.5 Å². The van der Waals surface area contributed by atoms with Crippen LogP contribution in [0.1, 0.15) is 105 Å². The van der Waals surface area contributed by atoms with Crippen LogP contribution in [-0.4, -0.2) is 0 Å². The van der Waals surface area contributed by atoms with Gasteiger partial charge in [0.25, 0.3) is 0 Å². The molecule has 8 bridgehead atoms. The van der Waals surface area contributed by atoms with Gasteiger partial charge in [0, 0.05) is 0 Å². The first-order chi connectivity index (χ1) is 12.9. The zero-order chi connectivity index (χ0) is 19.9. The van der Waals surface area contributed by atoms with Gasteiger partial charge in [0.2, 0.25) is 0 Å². The summed E-state index contributed by atoms with van der Waals surface area (Å²) >= 11 is 0. The van der Waals surface area contributed by atoms with E-state index in [0.29, 0.717) is 32.5 Å². The Kier molecular flexibility index (Phi) is 2.77. The standard InChI is InChI=1S/C26H36N2/c1-19-5-20(2)8-23(7-19,17-27)15-25(11-19,12-20)26-13-21(3)6-22(4,14-26)10-24(9-21,16-26)18-28/h5-16H2,1-4H3. The molecule has 8 saturated carbocycles. The third-order valence-corrected chi connectivity index (χ3v) is 10.8. The second-order valence-corrected chi connectivity index (χ2v) is 14.7. The van der Waals surface area contributed by atoms with Gasteiger partial charge in [0.15, 0.2) is 0 Å². The average Bonchev–Trinajstić information content (AvgIpc) is 2.48.